The van der Waals surface area contributed by atoms with Crippen molar-refractivity contribution in [3.05, 3.63) is 0 Å². The Hall–Kier alpha value is -6.84. The second-order valence-electron chi connectivity index (χ2n) is 19.1. The summed E-state index contributed by atoms with van der Waals surface area (Å²) in [6, 6.07) is -12.1. The number of amides is 9. The minimum absolute atomic E-state index is 0.00577. The summed E-state index contributed by atoms with van der Waals surface area (Å²) in [5.41, 5.74) is 33.7. The van der Waals surface area contributed by atoms with Crippen LogP contribution < -0.4 is 71.6 Å². The molecule has 1 fully saturated rings. The summed E-state index contributed by atoms with van der Waals surface area (Å²) in [5.74, 6) is -10.7. The maximum atomic E-state index is 14.1. The smallest absolute Gasteiger partial charge is 0.326 e. The second-order valence-corrected chi connectivity index (χ2v) is 19.1. The number of aliphatic hydroxyl groups excluding tert-OH is 1. The molecule has 0 bridgehead atoms. The van der Waals surface area contributed by atoms with Crippen LogP contribution in [0.5, 0.6) is 0 Å². The molecule has 1 aliphatic heterocycles. The van der Waals surface area contributed by atoms with Crippen molar-refractivity contribution in [2.75, 3.05) is 19.6 Å². The van der Waals surface area contributed by atoms with Crippen molar-refractivity contribution in [3.8, 4) is 0 Å². The van der Waals surface area contributed by atoms with Gasteiger partial charge in [0, 0.05) is 19.6 Å². The van der Waals surface area contributed by atoms with Crippen LogP contribution in [0.4, 0.5) is 0 Å². The second kappa shape index (κ2) is 31.6. The van der Waals surface area contributed by atoms with Gasteiger partial charge in [0.1, 0.15) is 48.3 Å². The van der Waals surface area contributed by atoms with Crippen molar-refractivity contribution < 1.29 is 58.2 Å². The lowest BCUT2D eigenvalue weighted by Crippen LogP contribution is -2.61. The van der Waals surface area contributed by atoms with E-state index in [1.54, 1.807) is 27.7 Å². The zero-order valence-electron chi connectivity index (χ0n) is 43.3. The van der Waals surface area contributed by atoms with E-state index < -0.39 is 132 Å². The third kappa shape index (κ3) is 22.6. The van der Waals surface area contributed by atoms with Crippen LogP contribution >= 0.6 is 0 Å². The summed E-state index contributed by atoms with van der Waals surface area (Å²) in [6.07, 6.45) is -0.751. The molecule has 73 heavy (non-hydrogen) atoms. The number of primary amides is 1. The largest absolute Gasteiger partial charge is 0.480 e. The Morgan fingerprint density at radius 3 is 1.58 bits per heavy atom. The first-order valence-corrected chi connectivity index (χ1v) is 24.5. The number of carboxylic acids is 1. The third-order valence-corrected chi connectivity index (χ3v) is 12.0. The monoisotopic (exact) mass is 1040 g/mol. The highest BCUT2D eigenvalue weighted by molar-refractivity contribution is 5.99. The number of nitrogens with one attached hydrogen (secondary N) is 7. The molecule has 11 atom stereocenters. The molecule has 21 N–H and O–H groups in total. The van der Waals surface area contributed by atoms with E-state index in [9.17, 15) is 58.2 Å². The van der Waals surface area contributed by atoms with Gasteiger partial charge in [0.05, 0.1) is 18.6 Å². The maximum Gasteiger partial charge on any atom is 0.326 e. The Morgan fingerprint density at radius 2 is 1.11 bits per heavy atom. The van der Waals surface area contributed by atoms with E-state index in [1.165, 1.54) is 18.7 Å². The number of hydrogen-bond donors (Lipinski definition) is 15. The molecule has 414 valence electrons. The number of guanidine groups is 2. The number of aliphatic carboxylic acids is 1. The molecule has 9 amide bonds. The van der Waals surface area contributed by atoms with Crippen molar-refractivity contribution >= 4 is 71.1 Å². The van der Waals surface area contributed by atoms with Gasteiger partial charge in [-0.2, -0.15) is 0 Å². The molecule has 1 saturated heterocycles. The molecule has 0 spiro atoms. The van der Waals surface area contributed by atoms with Crippen LogP contribution in [0, 0.1) is 17.8 Å². The number of nitrogens with two attached hydrogens (primary N) is 6. The molecule has 1 heterocycles. The van der Waals surface area contributed by atoms with E-state index in [2.05, 4.69) is 47.2 Å². The van der Waals surface area contributed by atoms with Crippen LogP contribution in [0.25, 0.3) is 0 Å². The van der Waals surface area contributed by atoms with Gasteiger partial charge in [0.2, 0.25) is 53.2 Å². The highest BCUT2D eigenvalue weighted by Gasteiger charge is 2.40. The lowest BCUT2D eigenvalue weighted by Gasteiger charge is -2.30. The fourth-order valence-electron chi connectivity index (χ4n) is 7.56. The van der Waals surface area contributed by atoms with Crippen LogP contribution in [0.15, 0.2) is 9.98 Å². The molecule has 0 aromatic rings. The van der Waals surface area contributed by atoms with Crippen LogP contribution in [-0.2, 0) is 47.9 Å². The van der Waals surface area contributed by atoms with Gasteiger partial charge in [0.25, 0.3) is 0 Å². The molecule has 0 aromatic heterocycles. The summed E-state index contributed by atoms with van der Waals surface area (Å²) in [7, 11) is 0. The van der Waals surface area contributed by atoms with Gasteiger partial charge in [-0.25, -0.2) is 4.79 Å². The van der Waals surface area contributed by atoms with Crippen molar-refractivity contribution in [1.82, 2.24) is 42.1 Å². The standard InChI is InChI=1S/C45H82N16O12/c1-9-23(6)32(47)42(71)61-18-12-15-30(61)39(68)56-27(14-11-17-53-45(50)51)36(65)55-26(13-10-16-52-44(48)49)37(66)57-28(20-31(46)63)38(67)59-33(22(4)5)40(69)54-24(7)35(64)60-34(25(8)62)41(70)58-29(43(72)73)19-21(2)3/h21-30,32-34,62H,9-20,47H2,1-8H3,(H2,46,63)(H,54,69)(H,55,65)(H,56,68)(H,57,66)(H,58,70)(H,59,67)(H,60,64)(H,72,73)(H4,48,49,52)(H4,50,51,53)/t23-,24-,25+,26-,27-,28-,29-,30-,32-,33-,34-/m0/s1. The Balaban J connectivity index is 3.42. The van der Waals surface area contributed by atoms with Crippen LogP contribution in [0.2, 0.25) is 0 Å². The van der Waals surface area contributed by atoms with Crippen molar-refractivity contribution in [1.29, 1.82) is 0 Å². The van der Waals surface area contributed by atoms with Crippen LogP contribution in [0.3, 0.4) is 0 Å². The van der Waals surface area contributed by atoms with Gasteiger partial charge < -0.3 is 86.7 Å². The first-order valence-electron chi connectivity index (χ1n) is 24.5. The van der Waals surface area contributed by atoms with E-state index in [-0.39, 0.29) is 75.5 Å². The molecule has 0 aliphatic carbocycles. The number of aliphatic hydroxyl groups is 1. The lowest BCUT2D eigenvalue weighted by atomic mass is 9.98. The van der Waals surface area contributed by atoms with Crippen molar-refractivity contribution in [2.45, 2.75) is 174 Å². The van der Waals surface area contributed by atoms with Gasteiger partial charge in [-0.15, -0.1) is 0 Å². The minimum Gasteiger partial charge on any atom is -0.480 e. The number of carbonyl (C=O) groups excluding carboxylic acids is 9. The highest BCUT2D eigenvalue weighted by Crippen LogP contribution is 2.21. The summed E-state index contributed by atoms with van der Waals surface area (Å²) < 4.78 is 0. The van der Waals surface area contributed by atoms with Gasteiger partial charge in [0.15, 0.2) is 11.9 Å². The fourth-order valence-corrected chi connectivity index (χ4v) is 7.56. The van der Waals surface area contributed by atoms with Crippen molar-refractivity contribution in [3.63, 3.8) is 0 Å². The van der Waals surface area contributed by atoms with E-state index in [0.29, 0.717) is 19.3 Å². The average Bonchev–Trinajstić information content (AvgIpc) is 3.80. The molecule has 0 unspecified atom stereocenters. The number of carboxylic acid groups (broad SMARTS) is 1. The number of rotatable bonds is 32. The summed E-state index contributed by atoms with van der Waals surface area (Å²) >= 11 is 0. The first-order chi connectivity index (χ1) is 34.0. The highest BCUT2D eigenvalue weighted by atomic mass is 16.4. The normalized spacial score (nSPS) is 17.4. The number of aliphatic imine (C=N–C) groups is 2. The molecular weight excluding hydrogens is 957 g/mol. The average molecular weight is 1040 g/mol. The van der Waals surface area contributed by atoms with E-state index in [1.807, 2.05) is 13.8 Å². The molecule has 0 saturated carbocycles. The Labute approximate surface area is 425 Å². The van der Waals surface area contributed by atoms with E-state index >= 15 is 0 Å². The molecule has 28 nitrogen and oxygen atoms in total. The van der Waals surface area contributed by atoms with E-state index in [4.69, 9.17) is 34.4 Å². The number of likely N-dealkylation sites (tertiary alicyclic amines) is 1. The molecule has 1 aliphatic rings. The van der Waals surface area contributed by atoms with Gasteiger partial charge in [-0.3, -0.25) is 53.1 Å². The Bertz CT molecular complexity index is 1980. The SMILES string of the molecule is CC[C@H](C)[C@H](N)C(=O)N1CCC[C@H]1C(=O)N[C@@H](CCCN=C(N)N)C(=O)N[C@@H](CCCN=C(N)N)C(=O)N[C@@H](CC(N)=O)C(=O)N[C@H](C(=O)N[C@@H](C)C(=O)N[C@H](C(=O)N[C@@H](CC(C)C)C(=O)O)[C@@H](C)O)C(C)C. The summed E-state index contributed by atoms with van der Waals surface area (Å²) in [4.78, 5) is 143. The first kappa shape index (κ1) is 64.2. The Kier molecular flexibility index (Phi) is 27.8. The maximum absolute atomic E-state index is 14.1. The zero-order chi connectivity index (χ0) is 55.9. The topological polar surface area (TPSA) is 479 Å². The third-order valence-electron chi connectivity index (χ3n) is 12.0. The zero-order valence-corrected chi connectivity index (χ0v) is 43.3. The fraction of sp³-hybridized carbons (Fsp3) is 0.733. The van der Waals surface area contributed by atoms with Gasteiger partial charge >= 0.3 is 5.97 Å². The molecular formula is C45H82N16O12. The summed E-state index contributed by atoms with van der Waals surface area (Å²) in [6.45, 7) is 13.0. The van der Waals surface area contributed by atoms with Crippen molar-refractivity contribution in [2.24, 2.45) is 62.1 Å². The van der Waals surface area contributed by atoms with Crippen LogP contribution in [0.1, 0.15) is 113 Å². The minimum atomic E-state index is -1.74. The lowest BCUT2D eigenvalue weighted by molar-refractivity contribution is -0.143. The molecule has 1 rings (SSSR count). The van der Waals surface area contributed by atoms with Gasteiger partial charge in [-0.05, 0) is 76.5 Å². The quantitative estimate of drug-likeness (QED) is 0.0170. The number of carbonyl (C=O) groups is 10. The molecule has 0 aromatic carbocycles. The molecule has 0 radical (unpaired) electrons. The Morgan fingerprint density at radius 1 is 0.630 bits per heavy atom. The molecule has 28 heteroatoms. The van der Waals surface area contributed by atoms with Gasteiger partial charge in [-0.1, -0.05) is 48.0 Å². The predicted molar refractivity (Wildman–Crippen MR) is 269 cm³/mol. The predicted octanol–water partition coefficient (Wildman–Crippen LogP) is -5.09. The van der Waals surface area contributed by atoms with Crippen LogP contribution in [-0.4, -0.2) is 166 Å². The number of hydrogen-bond acceptors (Lipinski definition) is 14. The van der Waals surface area contributed by atoms with E-state index in [0.717, 1.165) is 0 Å². The number of nitrogens with zero attached hydrogens (tertiary/aromatic N) is 3. The summed E-state index contributed by atoms with van der Waals surface area (Å²) in [5, 5.41) is 37.1.